The molecule has 1 saturated carbocycles. The Bertz CT molecular complexity index is 1590. The molecule has 64 heavy (non-hydrogen) atoms. The number of unbranched alkanes of at least 4 members (excludes halogenated alkanes) is 6. The number of esters is 2. The van der Waals surface area contributed by atoms with E-state index >= 15 is 0 Å². The van der Waals surface area contributed by atoms with Gasteiger partial charge >= 0.3 is 27.6 Å². The minimum atomic E-state index is -5.39. The largest absolute Gasteiger partial charge is 0.472 e. The van der Waals surface area contributed by atoms with Crippen molar-refractivity contribution in [1.29, 1.82) is 0 Å². The van der Waals surface area contributed by atoms with Gasteiger partial charge in [0.15, 0.2) is 6.10 Å². The topological polar surface area (TPSA) is 276 Å². The lowest BCUT2D eigenvalue weighted by atomic mass is 9.85. The van der Waals surface area contributed by atoms with Gasteiger partial charge in [-0.15, -0.1) is 0 Å². The Morgan fingerprint density at radius 1 is 0.594 bits per heavy atom. The molecule has 19 heteroatoms. The maximum absolute atomic E-state index is 13.0. The molecule has 8 N–H and O–H groups in total. The number of aliphatic hydroxyl groups is 5. The van der Waals surface area contributed by atoms with E-state index < -0.39 is 89.6 Å². The Kier molecular flexibility index (Phi) is 32.7. The minimum Gasteiger partial charge on any atom is -0.462 e. The maximum atomic E-state index is 13.0. The molecule has 17 nitrogen and oxygen atoms in total. The van der Waals surface area contributed by atoms with Crippen molar-refractivity contribution in [3.63, 3.8) is 0 Å². The first-order valence-electron chi connectivity index (χ1n) is 22.2. The zero-order valence-electron chi connectivity index (χ0n) is 37.3. The summed E-state index contributed by atoms with van der Waals surface area (Å²) in [6.07, 6.45) is 24.3. The molecule has 0 radical (unpaired) electrons. The molecule has 1 aliphatic rings. The Morgan fingerprint density at radius 2 is 1.14 bits per heavy atom. The lowest BCUT2D eigenvalue weighted by molar-refractivity contribution is -0.216. The van der Waals surface area contributed by atoms with E-state index in [-0.39, 0.29) is 25.7 Å². The van der Waals surface area contributed by atoms with Gasteiger partial charge in [-0.25, -0.2) is 9.13 Å². The number of phosphoric acid groups is 2. The second kappa shape index (κ2) is 35.3. The van der Waals surface area contributed by atoms with Gasteiger partial charge in [-0.1, -0.05) is 125 Å². The van der Waals surface area contributed by atoms with Gasteiger partial charge in [-0.05, 0) is 70.6 Å². The molecular weight excluding hydrogens is 874 g/mol. The molecule has 0 aromatic heterocycles. The fourth-order valence-corrected chi connectivity index (χ4v) is 7.63. The second-order valence-corrected chi connectivity index (χ2v) is 17.8. The smallest absolute Gasteiger partial charge is 0.462 e. The number of allylic oxidation sites excluding steroid dienone is 13. The van der Waals surface area contributed by atoms with Gasteiger partial charge in [0, 0.05) is 12.8 Å². The van der Waals surface area contributed by atoms with Crippen molar-refractivity contribution in [2.24, 2.45) is 0 Å². The highest BCUT2D eigenvalue weighted by Crippen LogP contribution is 2.49. The van der Waals surface area contributed by atoms with Crippen LogP contribution in [0.15, 0.2) is 85.1 Å². The Hall–Kier alpha value is -2.86. The number of aliphatic hydroxyl groups excluding tert-OH is 5. The van der Waals surface area contributed by atoms with Crippen LogP contribution >= 0.6 is 15.6 Å². The first-order valence-corrected chi connectivity index (χ1v) is 25.3. The predicted octanol–water partition coefficient (Wildman–Crippen LogP) is 6.80. The van der Waals surface area contributed by atoms with Crippen molar-refractivity contribution in [1.82, 2.24) is 0 Å². The van der Waals surface area contributed by atoms with Crippen LogP contribution < -0.4 is 0 Å². The van der Waals surface area contributed by atoms with Crippen LogP contribution in [-0.4, -0.2) is 114 Å². The molecule has 9 atom stereocenters. The van der Waals surface area contributed by atoms with E-state index in [0.29, 0.717) is 6.42 Å². The molecule has 1 aliphatic carbocycles. The van der Waals surface area contributed by atoms with E-state index in [9.17, 15) is 49.1 Å². The van der Waals surface area contributed by atoms with Crippen LogP contribution in [0.4, 0.5) is 0 Å². The summed E-state index contributed by atoms with van der Waals surface area (Å²) < 4.78 is 49.1. The molecule has 0 amide bonds. The normalized spacial score (nSPS) is 23.1. The van der Waals surface area contributed by atoms with Crippen molar-refractivity contribution in [3.8, 4) is 0 Å². The first kappa shape index (κ1) is 59.2. The first-order chi connectivity index (χ1) is 30.5. The third-order valence-corrected chi connectivity index (χ3v) is 11.0. The van der Waals surface area contributed by atoms with Gasteiger partial charge in [-0.2, -0.15) is 0 Å². The number of phosphoric ester groups is 2. The average Bonchev–Trinajstić information content (AvgIpc) is 3.24. The zero-order chi connectivity index (χ0) is 47.6. The molecule has 0 aromatic rings. The molecule has 0 heterocycles. The number of hydrogen-bond acceptors (Lipinski definition) is 14. The number of carbonyl (C=O) groups excluding carboxylic acids is 2. The van der Waals surface area contributed by atoms with Gasteiger partial charge in [0.05, 0.1) is 12.7 Å². The van der Waals surface area contributed by atoms with E-state index in [0.717, 1.165) is 77.0 Å². The van der Waals surface area contributed by atoms with E-state index in [1.165, 1.54) is 0 Å². The van der Waals surface area contributed by atoms with Crippen LogP contribution in [0.1, 0.15) is 123 Å². The Labute approximate surface area is 378 Å². The van der Waals surface area contributed by atoms with Crippen LogP contribution in [0.25, 0.3) is 0 Å². The zero-order valence-corrected chi connectivity index (χ0v) is 39.1. The van der Waals surface area contributed by atoms with Crippen LogP contribution in [0.2, 0.25) is 0 Å². The highest BCUT2D eigenvalue weighted by atomic mass is 31.2. The van der Waals surface area contributed by atoms with E-state index in [2.05, 4.69) is 73.1 Å². The van der Waals surface area contributed by atoms with Crippen LogP contribution in [0, 0.1) is 0 Å². The quantitative estimate of drug-likeness (QED) is 0.0107. The van der Waals surface area contributed by atoms with Gasteiger partial charge in [0.2, 0.25) is 0 Å². The standard InChI is InChI=1S/C45H74O17P2/c1-3-5-7-9-11-13-15-17-19-21-23-25-27-30-36(46)31-29-33-38(47)58-34-37(60-39(48)32-28-26-24-22-20-18-16-14-12-10-8-6-4-2)35-59-64(56,57)62-45-42(51)40(49)41(50)44(43(45)52)61-63(53,54)55/h5,7-8,10-11,13-14,16-17,19,23,25,27,30,36-37,40-46,49-52H,3-4,6,9,12,15,18,20-22,24,26,28-29,31-35H2,1-2H3,(H,56,57)(H2,53,54,55)/b7-5-,10-8-,13-11-,16-14-,19-17-,25-23-,30-27+/t36?,37-,40?,41?,42?,43?,44-,45+/m1/s1. The molecule has 0 saturated heterocycles. The molecule has 1 rings (SSSR count). The number of hydrogen-bond donors (Lipinski definition) is 8. The summed E-state index contributed by atoms with van der Waals surface area (Å²) in [5.41, 5.74) is 0. The molecule has 6 unspecified atom stereocenters. The van der Waals surface area contributed by atoms with E-state index in [4.69, 9.17) is 28.3 Å². The predicted molar refractivity (Wildman–Crippen MR) is 242 cm³/mol. The molecule has 1 fully saturated rings. The highest BCUT2D eigenvalue weighted by Gasteiger charge is 2.54. The summed E-state index contributed by atoms with van der Waals surface area (Å²) in [6.45, 7) is 2.72. The van der Waals surface area contributed by atoms with Crippen LogP contribution in [0.3, 0.4) is 0 Å². The monoisotopic (exact) mass is 948 g/mol. The Morgan fingerprint density at radius 3 is 1.77 bits per heavy atom. The van der Waals surface area contributed by atoms with Crippen molar-refractivity contribution in [2.75, 3.05) is 13.2 Å². The molecule has 0 aromatic carbocycles. The molecular formula is C45H74O17P2. The van der Waals surface area contributed by atoms with Crippen LogP contribution in [-0.2, 0) is 41.8 Å². The summed E-state index contributed by atoms with van der Waals surface area (Å²) in [5, 5.41) is 51.5. The van der Waals surface area contributed by atoms with E-state index in [1.54, 1.807) is 12.2 Å². The number of ether oxygens (including phenoxy) is 2. The minimum absolute atomic E-state index is 0.0182. The molecule has 0 bridgehead atoms. The second-order valence-electron chi connectivity index (χ2n) is 15.2. The van der Waals surface area contributed by atoms with Crippen molar-refractivity contribution in [2.45, 2.75) is 172 Å². The van der Waals surface area contributed by atoms with Crippen LogP contribution in [0.5, 0.6) is 0 Å². The van der Waals surface area contributed by atoms with Gasteiger partial charge < -0.3 is 49.7 Å². The van der Waals surface area contributed by atoms with Gasteiger partial charge in [-0.3, -0.25) is 23.2 Å². The third-order valence-electron chi connectivity index (χ3n) is 9.54. The summed E-state index contributed by atoms with van der Waals surface area (Å²) >= 11 is 0. The number of rotatable bonds is 35. The fraction of sp³-hybridized carbons (Fsp3) is 0.644. The average molecular weight is 949 g/mol. The van der Waals surface area contributed by atoms with Crippen molar-refractivity contribution in [3.05, 3.63) is 85.1 Å². The number of carbonyl (C=O) groups is 2. The van der Waals surface area contributed by atoms with E-state index in [1.807, 2.05) is 18.2 Å². The molecule has 366 valence electrons. The molecule has 0 aliphatic heterocycles. The lowest BCUT2D eigenvalue weighted by Crippen LogP contribution is -2.64. The van der Waals surface area contributed by atoms with Gasteiger partial charge in [0.1, 0.15) is 43.2 Å². The summed E-state index contributed by atoms with van der Waals surface area (Å²) in [4.78, 5) is 54.2. The lowest BCUT2D eigenvalue weighted by Gasteiger charge is -2.43. The van der Waals surface area contributed by atoms with Gasteiger partial charge in [0.25, 0.3) is 0 Å². The highest BCUT2D eigenvalue weighted by molar-refractivity contribution is 7.47. The third kappa shape index (κ3) is 29.6. The maximum Gasteiger partial charge on any atom is 0.472 e. The summed E-state index contributed by atoms with van der Waals surface area (Å²) in [6, 6.07) is 0. The van der Waals surface area contributed by atoms with Crippen molar-refractivity contribution < 1.29 is 82.0 Å². The summed E-state index contributed by atoms with van der Waals surface area (Å²) in [7, 11) is -10.7. The fourth-order valence-electron chi connectivity index (χ4n) is 6.09. The SMILES string of the molecule is CC/C=C\C/C=C\C/C=C\C/C=C\C=C\C(O)CCCC(=O)OC[C@H](COP(=O)(O)O[C@H]1C(O)C(O)C(O)[C@@H](OP(=O)(O)O)C1O)OC(=O)CCCCCCC/C=C\C/C=C\CCC. The Balaban J connectivity index is 2.72. The summed E-state index contributed by atoms with van der Waals surface area (Å²) in [5.74, 6) is -1.44. The molecule has 0 spiro atoms. The van der Waals surface area contributed by atoms with Crippen molar-refractivity contribution >= 4 is 27.6 Å².